The van der Waals surface area contributed by atoms with Gasteiger partial charge in [0.2, 0.25) is 11.8 Å². The number of amides is 2. The molecule has 1 unspecified atom stereocenters. The largest absolute Gasteiger partial charge is 0.333 e. The molecule has 6 heteroatoms. The van der Waals surface area contributed by atoms with Gasteiger partial charge in [-0.1, -0.05) is 85.8 Å². The molecule has 1 atom stereocenters. The maximum atomic E-state index is 13.4. The Kier molecular flexibility index (Phi) is 8.18. The van der Waals surface area contributed by atoms with E-state index in [1.165, 1.54) is 0 Å². The summed E-state index contributed by atoms with van der Waals surface area (Å²) in [5, 5.41) is 7.92. The number of anilines is 1. The fraction of sp³-hybridized carbons (Fsp3) is 0.258. The van der Waals surface area contributed by atoms with Crippen molar-refractivity contribution in [3.63, 3.8) is 0 Å². The molecule has 0 fully saturated rings. The standard InChI is InChI=1S/C31H34N4O2/c1-5-26(24-16-9-7-10-17-24)31(37)34(6-2)21-28(36)32-30-29(25-18-11-8-12-19-25)23(4)33-35(30)27-20-14-13-15-22(27)3/h7-20,26H,5-6,21H2,1-4H3,(H,32,36). The summed E-state index contributed by atoms with van der Waals surface area (Å²) in [5.74, 6) is 0.0124. The normalized spacial score (nSPS) is 11.7. The number of para-hydroxylation sites is 1. The Hall–Kier alpha value is -4.19. The molecular formula is C31H34N4O2. The van der Waals surface area contributed by atoms with Crippen molar-refractivity contribution in [2.75, 3.05) is 18.4 Å². The summed E-state index contributed by atoms with van der Waals surface area (Å²) < 4.78 is 1.79. The fourth-order valence-corrected chi connectivity index (χ4v) is 4.72. The van der Waals surface area contributed by atoms with Crippen LogP contribution in [0.4, 0.5) is 5.82 Å². The maximum absolute atomic E-state index is 13.4. The van der Waals surface area contributed by atoms with Crippen LogP contribution < -0.4 is 5.32 Å². The number of carbonyl (C=O) groups is 2. The zero-order valence-electron chi connectivity index (χ0n) is 21.9. The highest BCUT2D eigenvalue weighted by Crippen LogP contribution is 2.34. The number of benzene rings is 3. The van der Waals surface area contributed by atoms with E-state index in [2.05, 4.69) is 5.32 Å². The van der Waals surface area contributed by atoms with Gasteiger partial charge in [0, 0.05) is 12.1 Å². The molecule has 0 saturated carbocycles. The van der Waals surface area contributed by atoms with E-state index in [9.17, 15) is 9.59 Å². The van der Waals surface area contributed by atoms with E-state index in [-0.39, 0.29) is 24.3 Å². The van der Waals surface area contributed by atoms with Gasteiger partial charge in [0.25, 0.3) is 0 Å². The van der Waals surface area contributed by atoms with Gasteiger partial charge in [-0.2, -0.15) is 5.10 Å². The molecule has 0 aliphatic rings. The molecule has 6 nitrogen and oxygen atoms in total. The molecular weight excluding hydrogens is 460 g/mol. The zero-order valence-corrected chi connectivity index (χ0v) is 21.9. The molecule has 3 aromatic carbocycles. The lowest BCUT2D eigenvalue weighted by atomic mass is 9.95. The van der Waals surface area contributed by atoms with Crippen molar-refractivity contribution in [3.05, 3.63) is 102 Å². The van der Waals surface area contributed by atoms with Crippen LogP contribution in [0.5, 0.6) is 0 Å². The van der Waals surface area contributed by atoms with Crippen molar-refractivity contribution in [1.82, 2.24) is 14.7 Å². The molecule has 0 saturated heterocycles. The Morgan fingerprint density at radius 3 is 2.14 bits per heavy atom. The van der Waals surface area contributed by atoms with Crippen molar-refractivity contribution >= 4 is 17.6 Å². The second-order valence-corrected chi connectivity index (χ2v) is 9.15. The molecule has 37 heavy (non-hydrogen) atoms. The summed E-state index contributed by atoms with van der Waals surface area (Å²) in [5.41, 5.74) is 5.54. The van der Waals surface area contributed by atoms with Crippen LogP contribution >= 0.6 is 0 Å². The van der Waals surface area contributed by atoms with Crippen molar-refractivity contribution in [3.8, 4) is 16.8 Å². The third-order valence-electron chi connectivity index (χ3n) is 6.66. The summed E-state index contributed by atoms with van der Waals surface area (Å²) in [6.45, 7) is 8.27. The number of hydrogen-bond donors (Lipinski definition) is 1. The van der Waals surface area contributed by atoms with E-state index in [4.69, 9.17) is 5.10 Å². The van der Waals surface area contributed by atoms with Gasteiger partial charge < -0.3 is 10.2 Å². The van der Waals surface area contributed by atoms with Gasteiger partial charge in [-0.15, -0.1) is 0 Å². The maximum Gasteiger partial charge on any atom is 0.245 e. The lowest BCUT2D eigenvalue weighted by Crippen LogP contribution is -2.40. The van der Waals surface area contributed by atoms with Gasteiger partial charge in [0.1, 0.15) is 5.82 Å². The Morgan fingerprint density at radius 2 is 1.51 bits per heavy atom. The number of aromatic nitrogens is 2. The SMILES string of the molecule is CCC(C(=O)N(CC)CC(=O)Nc1c(-c2ccccc2)c(C)nn1-c1ccccc1C)c1ccccc1. The number of likely N-dealkylation sites (N-methyl/N-ethyl adjacent to an activating group) is 1. The number of rotatable bonds is 9. The van der Waals surface area contributed by atoms with Crippen LogP contribution in [-0.4, -0.2) is 39.6 Å². The minimum absolute atomic E-state index is 0.0368. The minimum Gasteiger partial charge on any atom is -0.333 e. The number of carbonyl (C=O) groups excluding carboxylic acids is 2. The summed E-state index contributed by atoms with van der Waals surface area (Å²) >= 11 is 0. The average Bonchev–Trinajstić information content (AvgIpc) is 3.24. The van der Waals surface area contributed by atoms with E-state index in [0.717, 1.165) is 33.6 Å². The summed E-state index contributed by atoms with van der Waals surface area (Å²) in [6, 6.07) is 27.6. The average molecular weight is 495 g/mol. The first kappa shape index (κ1) is 25.9. The quantitative estimate of drug-likeness (QED) is 0.304. The fourth-order valence-electron chi connectivity index (χ4n) is 4.72. The van der Waals surface area contributed by atoms with Crippen LogP contribution in [0.15, 0.2) is 84.9 Å². The highest BCUT2D eigenvalue weighted by atomic mass is 16.2. The second kappa shape index (κ2) is 11.7. The lowest BCUT2D eigenvalue weighted by Gasteiger charge is -2.26. The van der Waals surface area contributed by atoms with E-state index < -0.39 is 0 Å². The Bertz CT molecular complexity index is 1360. The van der Waals surface area contributed by atoms with Crippen LogP contribution in [-0.2, 0) is 9.59 Å². The first-order chi connectivity index (χ1) is 17.9. The second-order valence-electron chi connectivity index (χ2n) is 9.15. The van der Waals surface area contributed by atoms with Crippen molar-refractivity contribution < 1.29 is 9.59 Å². The van der Waals surface area contributed by atoms with Gasteiger partial charge in [-0.25, -0.2) is 4.68 Å². The number of nitrogens with one attached hydrogen (secondary N) is 1. The van der Waals surface area contributed by atoms with E-state index in [0.29, 0.717) is 18.8 Å². The van der Waals surface area contributed by atoms with Crippen LogP contribution in [0.1, 0.15) is 43.0 Å². The van der Waals surface area contributed by atoms with Crippen molar-refractivity contribution in [1.29, 1.82) is 0 Å². The minimum atomic E-state index is -0.284. The summed E-state index contributed by atoms with van der Waals surface area (Å²) in [4.78, 5) is 28.5. The van der Waals surface area contributed by atoms with Crippen LogP contribution in [0.2, 0.25) is 0 Å². The van der Waals surface area contributed by atoms with Crippen molar-refractivity contribution in [2.45, 2.75) is 40.0 Å². The molecule has 1 N–H and O–H groups in total. The molecule has 0 bridgehead atoms. The molecule has 0 spiro atoms. The summed E-state index contributed by atoms with van der Waals surface area (Å²) in [6.07, 6.45) is 0.665. The molecule has 0 aliphatic carbocycles. The van der Waals surface area contributed by atoms with Crippen LogP contribution in [0.3, 0.4) is 0 Å². The van der Waals surface area contributed by atoms with E-state index >= 15 is 0 Å². The lowest BCUT2D eigenvalue weighted by molar-refractivity contribution is -0.135. The Balaban J connectivity index is 1.66. The van der Waals surface area contributed by atoms with Gasteiger partial charge >= 0.3 is 0 Å². The molecule has 0 radical (unpaired) electrons. The third-order valence-corrected chi connectivity index (χ3v) is 6.66. The Labute approximate surface area is 218 Å². The monoisotopic (exact) mass is 494 g/mol. The molecule has 190 valence electrons. The number of aryl methyl sites for hydroxylation is 2. The summed E-state index contributed by atoms with van der Waals surface area (Å²) in [7, 11) is 0. The van der Waals surface area contributed by atoms with Gasteiger partial charge in [0.15, 0.2) is 0 Å². The molecule has 4 rings (SSSR count). The zero-order chi connectivity index (χ0) is 26.4. The van der Waals surface area contributed by atoms with E-state index in [1.54, 1.807) is 9.58 Å². The third kappa shape index (κ3) is 5.64. The molecule has 0 aliphatic heterocycles. The van der Waals surface area contributed by atoms with E-state index in [1.807, 2.05) is 113 Å². The molecule has 4 aromatic rings. The van der Waals surface area contributed by atoms with Gasteiger partial charge in [0.05, 0.1) is 23.8 Å². The Morgan fingerprint density at radius 1 is 0.892 bits per heavy atom. The topological polar surface area (TPSA) is 67.2 Å². The molecule has 1 aromatic heterocycles. The smallest absolute Gasteiger partial charge is 0.245 e. The first-order valence-corrected chi connectivity index (χ1v) is 12.8. The number of hydrogen-bond acceptors (Lipinski definition) is 3. The van der Waals surface area contributed by atoms with Gasteiger partial charge in [-0.3, -0.25) is 9.59 Å². The highest BCUT2D eigenvalue weighted by Gasteiger charge is 2.26. The predicted octanol–water partition coefficient (Wildman–Crippen LogP) is 6.14. The van der Waals surface area contributed by atoms with Gasteiger partial charge in [-0.05, 0) is 49.9 Å². The number of nitrogens with zero attached hydrogens (tertiary/aromatic N) is 3. The van der Waals surface area contributed by atoms with Crippen LogP contribution in [0.25, 0.3) is 16.8 Å². The van der Waals surface area contributed by atoms with Crippen LogP contribution in [0, 0.1) is 13.8 Å². The van der Waals surface area contributed by atoms with Crippen molar-refractivity contribution in [2.24, 2.45) is 0 Å². The first-order valence-electron chi connectivity index (χ1n) is 12.8. The highest BCUT2D eigenvalue weighted by molar-refractivity contribution is 5.98. The molecule has 1 heterocycles. The predicted molar refractivity (Wildman–Crippen MR) is 149 cm³/mol. The molecule has 2 amide bonds.